The Balaban J connectivity index is 1.56. The van der Waals surface area contributed by atoms with Crippen molar-refractivity contribution in [2.45, 2.75) is 13.1 Å². The van der Waals surface area contributed by atoms with E-state index in [0.717, 1.165) is 13.1 Å². The lowest BCUT2D eigenvalue weighted by Crippen LogP contribution is -2.14. The van der Waals surface area contributed by atoms with Gasteiger partial charge < -0.3 is 32.8 Å². The highest BCUT2D eigenvalue weighted by Crippen LogP contribution is 2.21. The first-order chi connectivity index (χ1) is 13.4. The van der Waals surface area contributed by atoms with Crippen LogP contribution < -0.4 is 0 Å². The summed E-state index contributed by atoms with van der Waals surface area (Å²) < 4.78 is 32.3. The first-order valence-corrected chi connectivity index (χ1v) is 9.64. The summed E-state index contributed by atoms with van der Waals surface area (Å²) in [4.78, 5) is 0. The highest BCUT2D eigenvalue weighted by atomic mass is 16.6. The lowest BCUT2D eigenvalue weighted by atomic mass is 10.3. The molecule has 7 nitrogen and oxygen atoms in total. The van der Waals surface area contributed by atoms with Crippen LogP contribution in [-0.2, 0) is 36.8 Å². The van der Waals surface area contributed by atoms with E-state index in [1.807, 2.05) is 0 Å². The number of hydrogen-bond acceptors (Lipinski definition) is 5. The summed E-state index contributed by atoms with van der Waals surface area (Å²) in [6, 6.07) is 8.42. The van der Waals surface area contributed by atoms with E-state index in [2.05, 4.69) is 45.8 Å². The highest BCUT2D eigenvalue weighted by molar-refractivity contribution is 5.56. The second-order valence-corrected chi connectivity index (χ2v) is 6.24. The zero-order valence-corrected chi connectivity index (χ0v) is 15.9. The molecule has 0 radical (unpaired) electrons. The number of fused-ring (bicyclic) bond motifs is 3. The normalized spacial score (nSPS) is 19.6. The number of aromatic nitrogens is 2. The van der Waals surface area contributed by atoms with E-state index in [1.54, 1.807) is 0 Å². The lowest BCUT2D eigenvalue weighted by molar-refractivity contribution is -0.0117. The maximum absolute atomic E-state index is 5.69. The maximum atomic E-state index is 5.69. The predicted molar refractivity (Wildman–Crippen MR) is 102 cm³/mol. The van der Waals surface area contributed by atoms with Crippen LogP contribution >= 0.6 is 0 Å². The van der Waals surface area contributed by atoms with E-state index in [0.29, 0.717) is 66.1 Å². The van der Waals surface area contributed by atoms with Gasteiger partial charge in [-0.2, -0.15) is 0 Å². The topological polar surface area (TPSA) is 56.0 Å². The monoisotopic (exact) mass is 378 g/mol. The molecular weight excluding hydrogens is 348 g/mol. The Morgan fingerprint density at radius 1 is 0.481 bits per heavy atom. The van der Waals surface area contributed by atoms with Gasteiger partial charge in [-0.1, -0.05) is 0 Å². The molecule has 0 unspecified atom stereocenters. The van der Waals surface area contributed by atoms with Gasteiger partial charge in [0.25, 0.3) is 0 Å². The van der Waals surface area contributed by atoms with Gasteiger partial charge in [0.2, 0.25) is 0 Å². The molecule has 0 aliphatic carbocycles. The van der Waals surface area contributed by atoms with Gasteiger partial charge in [-0.3, -0.25) is 0 Å². The molecule has 1 aliphatic heterocycles. The fourth-order valence-corrected chi connectivity index (χ4v) is 2.99. The third-order valence-electron chi connectivity index (χ3n) is 4.36. The molecule has 0 atom stereocenters. The van der Waals surface area contributed by atoms with E-state index in [-0.39, 0.29) is 0 Å². The summed E-state index contributed by atoms with van der Waals surface area (Å²) >= 11 is 0. The van der Waals surface area contributed by atoms with Crippen molar-refractivity contribution in [1.29, 1.82) is 0 Å². The Morgan fingerprint density at radius 2 is 0.815 bits per heavy atom. The highest BCUT2D eigenvalue weighted by Gasteiger charge is 2.09. The predicted octanol–water partition coefficient (Wildman–Crippen LogP) is 2.05. The smallest absolute Gasteiger partial charge is 0.0701 e. The average molecular weight is 378 g/mol. The van der Waals surface area contributed by atoms with Crippen LogP contribution in [0.1, 0.15) is 0 Å². The Morgan fingerprint density at radius 3 is 1.19 bits per heavy atom. The van der Waals surface area contributed by atoms with E-state index in [4.69, 9.17) is 23.7 Å². The van der Waals surface area contributed by atoms with E-state index < -0.39 is 0 Å². The molecule has 150 valence electrons. The van der Waals surface area contributed by atoms with Crippen LogP contribution in [0, 0.1) is 0 Å². The largest absolute Gasteiger partial charge is 0.377 e. The van der Waals surface area contributed by atoms with Gasteiger partial charge in [0.05, 0.1) is 77.5 Å². The second kappa shape index (κ2) is 11.9. The van der Waals surface area contributed by atoms with E-state index in [1.165, 1.54) is 11.4 Å². The Bertz CT molecular complexity index is 586. The molecule has 1 aliphatic rings. The Labute approximate surface area is 160 Å². The molecule has 0 saturated heterocycles. The van der Waals surface area contributed by atoms with Crippen LogP contribution in [0.5, 0.6) is 0 Å². The Kier molecular flexibility index (Phi) is 8.89. The molecule has 3 heterocycles. The zero-order chi connectivity index (χ0) is 18.6. The number of nitrogens with zero attached hydrogens (tertiary/aromatic N) is 2. The van der Waals surface area contributed by atoms with Crippen molar-refractivity contribution in [2.75, 3.05) is 66.1 Å². The molecule has 0 amide bonds. The van der Waals surface area contributed by atoms with Crippen molar-refractivity contribution in [1.82, 2.24) is 9.13 Å². The molecule has 0 saturated carbocycles. The van der Waals surface area contributed by atoms with Gasteiger partial charge in [-0.15, -0.1) is 0 Å². The number of ether oxygens (including phenoxy) is 5. The molecule has 2 aromatic heterocycles. The minimum atomic E-state index is 0.574. The molecule has 0 aromatic carbocycles. The number of rotatable bonds is 0. The molecule has 0 fully saturated rings. The fourth-order valence-electron chi connectivity index (χ4n) is 2.99. The first-order valence-electron chi connectivity index (χ1n) is 9.64. The summed E-state index contributed by atoms with van der Waals surface area (Å²) in [5.74, 6) is 0. The van der Waals surface area contributed by atoms with Crippen molar-refractivity contribution < 1.29 is 23.7 Å². The van der Waals surface area contributed by atoms with Gasteiger partial charge in [0.1, 0.15) is 0 Å². The summed E-state index contributed by atoms with van der Waals surface area (Å²) in [6.07, 6.45) is 4.18. The van der Waals surface area contributed by atoms with Gasteiger partial charge in [0, 0.05) is 25.5 Å². The fraction of sp³-hybridized carbons (Fsp3) is 0.600. The summed E-state index contributed by atoms with van der Waals surface area (Å²) in [7, 11) is 0. The molecule has 27 heavy (non-hydrogen) atoms. The third-order valence-corrected chi connectivity index (χ3v) is 4.36. The molecule has 2 aromatic rings. The quantitative estimate of drug-likeness (QED) is 0.702. The van der Waals surface area contributed by atoms with Gasteiger partial charge in [-0.05, 0) is 24.3 Å². The molecule has 7 heteroatoms. The SMILES string of the molecule is c1cc2n(c1)CCOCCOCCOCCOCCOCCn1cccc1-2. The van der Waals surface area contributed by atoms with Gasteiger partial charge in [0.15, 0.2) is 0 Å². The van der Waals surface area contributed by atoms with Crippen molar-refractivity contribution in [3.05, 3.63) is 36.7 Å². The summed E-state index contributed by atoms with van der Waals surface area (Å²) in [5.41, 5.74) is 2.37. The maximum Gasteiger partial charge on any atom is 0.0701 e. The second-order valence-electron chi connectivity index (χ2n) is 6.24. The molecule has 0 bridgehead atoms. The van der Waals surface area contributed by atoms with E-state index in [9.17, 15) is 0 Å². The zero-order valence-electron chi connectivity index (χ0n) is 15.9. The molecule has 0 spiro atoms. The van der Waals surface area contributed by atoms with Crippen LogP contribution in [0.25, 0.3) is 11.4 Å². The summed E-state index contributed by atoms with van der Waals surface area (Å²) in [6.45, 7) is 7.57. The number of hydrogen-bond donors (Lipinski definition) is 0. The summed E-state index contributed by atoms with van der Waals surface area (Å²) in [5, 5.41) is 0. The standard InChI is InChI=1S/C20H30N2O5/c1-3-19-20-4-2-6-22(20)8-10-24-12-14-26-16-18-27-17-15-25-13-11-23-9-7-21(19)5-1/h1-6H,7-18H2. The molecule has 3 rings (SSSR count). The lowest BCUT2D eigenvalue weighted by Gasteiger charge is -2.13. The van der Waals surface area contributed by atoms with Crippen molar-refractivity contribution in [2.24, 2.45) is 0 Å². The Hall–Kier alpha value is -1.64. The molecule has 0 N–H and O–H groups in total. The van der Waals surface area contributed by atoms with Crippen LogP contribution in [0.3, 0.4) is 0 Å². The van der Waals surface area contributed by atoms with Crippen LogP contribution in [0.15, 0.2) is 36.7 Å². The van der Waals surface area contributed by atoms with Crippen molar-refractivity contribution in [3.8, 4) is 11.4 Å². The first kappa shape index (κ1) is 20.1. The minimum Gasteiger partial charge on any atom is -0.377 e. The average Bonchev–Trinajstić information content (AvgIpc) is 3.32. The van der Waals surface area contributed by atoms with Crippen LogP contribution in [-0.4, -0.2) is 75.2 Å². The van der Waals surface area contributed by atoms with Gasteiger partial charge >= 0.3 is 0 Å². The third kappa shape index (κ3) is 6.79. The minimum absolute atomic E-state index is 0.574. The molecular formula is C20H30N2O5. The van der Waals surface area contributed by atoms with Crippen LogP contribution in [0.4, 0.5) is 0 Å². The van der Waals surface area contributed by atoms with Crippen molar-refractivity contribution >= 4 is 0 Å². The van der Waals surface area contributed by atoms with Crippen molar-refractivity contribution in [3.63, 3.8) is 0 Å². The van der Waals surface area contributed by atoms with Gasteiger partial charge in [-0.25, -0.2) is 0 Å². The van der Waals surface area contributed by atoms with Crippen LogP contribution in [0.2, 0.25) is 0 Å². The van der Waals surface area contributed by atoms with E-state index >= 15 is 0 Å².